The zero-order valence-corrected chi connectivity index (χ0v) is 11.3. The first kappa shape index (κ1) is 12.2. The Morgan fingerprint density at radius 2 is 2.32 bits per heavy atom. The van der Waals surface area contributed by atoms with Gasteiger partial charge in [-0.1, -0.05) is 11.3 Å². The van der Waals surface area contributed by atoms with Crippen molar-refractivity contribution in [1.82, 2.24) is 15.0 Å². The van der Waals surface area contributed by atoms with E-state index in [0.717, 1.165) is 24.3 Å². The first-order valence-corrected chi connectivity index (χ1v) is 6.62. The number of benzene rings is 1. The molecule has 0 spiro atoms. The molecule has 0 unspecified atom stereocenters. The van der Waals surface area contributed by atoms with Gasteiger partial charge in [0, 0.05) is 12.2 Å². The molecule has 0 aliphatic carbocycles. The maximum absolute atomic E-state index is 5.52. The summed E-state index contributed by atoms with van der Waals surface area (Å²) < 4.78 is 7.31. The van der Waals surface area contributed by atoms with Crippen molar-refractivity contribution < 1.29 is 4.74 Å². The van der Waals surface area contributed by atoms with Gasteiger partial charge in [0.1, 0.15) is 5.69 Å². The quantitative estimate of drug-likeness (QED) is 0.913. The minimum atomic E-state index is 0.203. The Morgan fingerprint density at radius 1 is 1.42 bits per heavy atom. The molecule has 2 heterocycles. The van der Waals surface area contributed by atoms with Crippen molar-refractivity contribution >= 4 is 5.69 Å². The van der Waals surface area contributed by atoms with E-state index in [4.69, 9.17) is 4.74 Å². The van der Waals surface area contributed by atoms with Crippen molar-refractivity contribution in [3.63, 3.8) is 0 Å². The normalized spacial score (nSPS) is 13.6. The fourth-order valence-corrected chi connectivity index (χ4v) is 2.16. The summed E-state index contributed by atoms with van der Waals surface area (Å²) >= 11 is 0. The van der Waals surface area contributed by atoms with Crippen LogP contribution < -0.4 is 5.32 Å². The second kappa shape index (κ2) is 5.01. The number of hydrogen-bond acceptors (Lipinski definition) is 4. The second-order valence-electron chi connectivity index (χ2n) is 5.03. The fourth-order valence-electron chi connectivity index (χ4n) is 2.16. The summed E-state index contributed by atoms with van der Waals surface area (Å²) in [6.07, 6.45) is 3.22. The molecule has 5 heteroatoms. The van der Waals surface area contributed by atoms with E-state index >= 15 is 0 Å². The van der Waals surface area contributed by atoms with Crippen molar-refractivity contribution in [2.45, 2.75) is 33.0 Å². The lowest BCUT2D eigenvalue weighted by atomic mass is 10.1. The highest BCUT2D eigenvalue weighted by Crippen LogP contribution is 2.24. The monoisotopic (exact) mass is 258 g/mol. The van der Waals surface area contributed by atoms with Gasteiger partial charge in [0.2, 0.25) is 0 Å². The molecule has 0 atom stereocenters. The van der Waals surface area contributed by atoms with Crippen LogP contribution in [0.2, 0.25) is 0 Å². The van der Waals surface area contributed by atoms with Crippen LogP contribution in [-0.4, -0.2) is 27.6 Å². The number of nitrogens with one attached hydrogen (secondary N) is 1. The SMILES string of the molecule is CC(C)OCc1cn(-c2ccc3c(c2)NCC3)nn1. The van der Waals surface area contributed by atoms with Crippen LogP contribution in [0.15, 0.2) is 24.4 Å². The molecular formula is C14H18N4O. The molecule has 5 nitrogen and oxygen atoms in total. The molecule has 19 heavy (non-hydrogen) atoms. The lowest BCUT2D eigenvalue weighted by Crippen LogP contribution is -2.02. The van der Waals surface area contributed by atoms with Crippen LogP contribution in [0.25, 0.3) is 5.69 Å². The molecule has 1 aliphatic heterocycles. The van der Waals surface area contributed by atoms with E-state index in [1.807, 2.05) is 20.0 Å². The van der Waals surface area contributed by atoms with Crippen molar-refractivity contribution in [2.75, 3.05) is 11.9 Å². The van der Waals surface area contributed by atoms with E-state index < -0.39 is 0 Å². The molecule has 0 saturated carbocycles. The van der Waals surface area contributed by atoms with Crippen molar-refractivity contribution in [3.05, 3.63) is 35.7 Å². The topological polar surface area (TPSA) is 52.0 Å². The summed E-state index contributed by atoms with van der Waals surface area (Å²) in [5.41, 5.74) is 4.44. The molecule has 1 aliphatic rings. The van der Waals surface area contributed by atoms with Crippen molar-refractivity contribution in [3.8, 4) is 5.69 Å². The summed E-state index contributed by atoms with van der Waals surface area (Å²) in [5.74, 6) is 0. The number of fused-ring (bicyclic) bond motifs is 1. The minimum absolute atomic E-state index is 0.203. The van der Waals surface area contributed by atoms with E-state index in [1.54, 1.807) is 4.68 Å². The lowest BCUT2D eigenvalue weighted by Gasteiger charge is -2.05. The smallest absolute Gasteiger partial charge is 0.109 e. The second-order valence-corrected chi connectivity index (χ2v) is 5.03. The molecule has 0 amide bonds. The van der Waals surface area contributed by atoms with E-state index in [9.17, 15) is 0 Å². The number of hydrogen-bond donors (Lipinski definition) is 1. The lowest BCUT2D eigenvalue weighted by molar-refractivity contribution is 0.0635. The van der Waals surface area contributed by atoms with Crippen LogP contribution in [0.5, 0.6) is 0 Å². The molecule has 1 aromatic heterocycles. The van der Waals surface area contributed by atoms with Gasteiger partial charge in [0.15, 0.2) is 0 Å². The first-order valence-electron chi connectivity index (χ1n) is 6.62. The van der Waals surface area contributed by atoms with Gasteiger partial charge in [-0.3, -0.25) is 0 Å². The number of ether oxygens (including phenoxy) is 1. The fraction of sp³-hybridized carbons (Fsp3) is 0.429. The van der Waals surface area contributed by atoms with Gasteiger partial charge >= 0.3 is 0 Å². The molecule has 0 radical (unpaired) electrons. The highest BCUT2D eigenvalue weighted by atomic mass is 16.5. The van der Waals surface area contributed by atoms with Gasteiger partial charge in [-0.05, 0) is 38.0 Å². The summed E-state index contributed by atoms with van der Waals surface area (Å²) in [6.45, 7) is 5.54. The van der Waals surface area contributed by atoms with Gasteiger partial charge in [0.25, 0.3) is 0 Å². The molecule has 1 aromatic carbocycles. The van der Waals surface area contributed by atoms with Crippen LogP contribution in [0.4, 0.5) is 5.69 Å². The third kappa shape index (κ3) is 2.61. The Kier molecular flexibility index (Phi) is 3.21. The Labute approximate surface area is 112 Å². The number of rotatable bonds is 4. The van der Waals surface area contributed by atoms with Gasteiger partial charge in [-0.25, -0.2) is 4.68 Å². The van der Waals surface area contributed by atoms with Gasteiger partial charge in [-0.15, -0.1) is 5.10 Å². The molecule has 3 rings (SSSR count). The van der Waals surface area contributed by atoms with E-state index in [0.29, 0.717) is 6.61 Å². The maximum Gasteiger partial charge on any atom is 0.109 e. The van der Waals surface area contributed by atoms with E-state index in [2.05, 4.69) is 33.8 Å². The van der Waals surface area contributed by atoms with Crippen molar-refractivity contribution in [2.24, 2.45) is 0 Å². The van der Waals surface area contributed by atoms with Crippen LogP contribution in [0.3, 0.4) is 0 Å². The highest BCUT2D eigenvalue weighted by Gasteiger charge is 2.11. The zero-order valence-electron chi connectivity index (χ0n) is 11.3. The van der Waals surface area contributed by atoms with Gasteiger partial charge in [-0.2, -0.15) is 0 Å². The van der Waals surface area contributed by atoms with Crippen molar-refractivity contribution in [1.29, 1.82) is 0 Å². The average molecular weight is 258 g/mol. The van der Waals surface area contributed by atoms with Crippen LogP contribution in [0.1, 0.15) is 25.1 Å². The Hall–Kier alpha value is -1.88. The number of nitrogens with zero attached hydrogens (tertiary/aromatic N) is 3. The van der Waals surface area contributed by atoms with E-state index in [-0.39, 0.29) is 6.10 Å². The average Bonchev–Trinajstić information content (AvgIpc) is 3.04. The Balaban J connectivity index is 1.79. The highest BCUT2D eigenvalue weighted by molar-refractivity contribution is 5.60. The van der Waals surface area contributed by atoms with Gasteiger partial charge in [0.05, 0.1) is 24.6 Å². The summed E-state index contributed by atoms with van der Waals surface area (Å²) in [4.78, 5) is 0. The molecule has 1 N–H and O–H groups in total. The predicted molar refractivity (Wildman–Crippen MR) is 73.5 cm³/mol. The first-order chi connectivity index (χ1) is 9.22. The standard InChI is InChI=1S/C14H18N4O/c1-10(2)19-9-12-8-18(17-16-12)13-4-3-11-5-6-15-14(11)7-13/h3-4,7-8,10,15H,5-6,9H2,1-2H3. The zero-order chi connectivity index (χ0) is 13.2. The predicted octanol–water partition coefficient (Wildman–Crippen LogP) is 2.16. The number of anilines is 1. The minimum Gasteiger partial charge on any atom is -0.384 e. The largest absolute Gasteiger partial charge is 0.384 e. The Morgan fingerprint density at radius 3 is 3.16 bits per heavy atom. The van der Waals surface area contributed by atoms with Crippen LogP contribution >= 0.6 is 0 Å². The van der Waals surface area contributed by atoms with E-state index in [1.165, 1.54) is 11.3 Å². The third-order valence-corrected chi connectivity index (χ3v) is 3.17. The molecule has 2 aromatic rings. The molecule has 0 fully saturated rings. The molecular weight excluding hydrogens is 240 g/mol. The maximum atomic E-state index is 5.52. The number of aromatic nitrogens is 3. The molecule has 0 bridgehead atoms. The van der Waals surface area contributed by atoms with Crippen LogP contribution in [-0.2, 0) is 17.8 Å². The third-order valence-electron chi connectivity index (χ3n) is 3.17. The summed E-state index contributed by atoms with van der Waals surface area (Å²) in [5, 5.41) is 11.6. The van der Waals surface area contributed by atoms with Crippen LogP contribution in [0, 0.1) is 0 Å². The molecule has 0 saturated heterocycles. The molecule has 100 valence electrons. The van der Waals surface area contributed by atoms with Gasteiger partial charge < -0.3 is 10.1 Å². The summed E-state index contributed by atoms with van der Waals surface area (Å²) in [6, 6.07) is 6.34. The summed E-state index contributed by atoms with van der Waals surface area (Å²) in [7, 11) is 0. The Bertz CT molecular complexity index is 577.